The summed E-state index contributed by atoms with van der Waals surface area (Å²) in [6, 6.07) is 10.3. The lowest BCUT2D eigenvalue weighted by molar-refractivity contribution is -0.144. The average molecular weight is 506 g/mol. The third kappa shape index (κ3) is 4.56. The molecular formula is C27H24F6N2O. The van der Waals surface area contributed by atoms with Gasteiger partial charge in [-0.15, -0.1) is 6.58 Å². The first-order valence-corrected chi connectivity index (χ1v) is 11.7. The number of halogens is 6. The number of hydrogen-bond acceptors (Lipinski definition) is 3. The summed E-state index contributed by atoms with van der Waals surface area (Å²) in [5.41, 5.74) is -1.50. The molecule has 0 spiro atoms. The maximum Gasteiger partial charge on any atom is 0.419 e. The Morgan fingerprint density at radius 3 is 2.47 bits per heavy atom. The van der Waals surface area contributed by atoms with Crippen molar-refractivity contribution >= 4 is 10.9 Å². The van der Waals surface area contributed by atoms with Crippen molar-refractivity contribution in [1.82, 2.24) is 9.88 Å². The van der Waals surface area contributed by atoms with Gasteiger partial charge in [0.2, 0.25) is 0 Å². The van der Waals surface area contributed by atoms with E-state index in [-0.39, 0.29) is 18.0 Å². The normalized spacial score (nSPS) is 25.1. The first-order valence-electron chi connectivity index (χ1n) is 11.7. The van der Waals surface area contributed by atoms with Crippen LogP contribution in [-0.4, -0.2) is 29.0 Å². The molecule has 3 nitrogen and oxygen atoms in total. The fourth-order valence-corrected chi connectivity index (χ4v) is 5.57. The summed E-state index contributed by atoms with van der Waals surface area (Å²) >= 11 is 0. The highest BCUT2D eigenvalue weighted by Crippen LogP contribution is 2.46. The first-order chi connectivity index (χ1) is 17.1. The van der Waals surface area contributed by atoms with E-state index in [0.717, 1.165) is 24.4 Å². The van der Waals surface area contributed by atoms with Crippen molar-refractivity contribution in [3.8, 4) is 5.75 Å². The molecule has 3 aromatic rings. The van der Waals surface area contributed by atoms with Crippen molar-refractivity contribution in [2.75, 3.05) is 13.1 Å². The Hall–Kier alpha value is -3.07. The second kappa shape index (κ2) is 9.10. The van der Waals surface area contributed by atoms with Crippen LogP contribution in [-0.2, 0) is 12.4 Å². The molecule has 1 aromatic heterocycles. The molecule has 190 valence electrons. The summed E-state index contributed by atoms with van der Waals surface area (Å²) in [5.74, 6) is -0.0302. The van der Waals surface area contributed by atoms with E-state index in [4.69, 9.17) is 4.74 Å². The molecule has 0 radical (unpaired) electrons. The molecule has 1 unspecified atom stereocenters. The summed E-state index contributed by atoms with van der Waals surface area (Å²) in [5, 5.41) is 0.730. The number of rotatable bonds is 5. The summed E-state index contributed by atoms with van der Waals surface area (Å²) in [6.07, 6.45) is -5.65. The highest BCUT2D eigenvalue weighted by molar-refractivity contribution is 5.82. The molecule has 2 bridgehead atoms. The zero-order chi connectivity index (χ0) is 25.7. The maximum atomic E-state index is 13.9. The fourth-order valence-electron chi connectivity index (χ4n) is 5.57. The number of benzene rings is 2. The second-order valence-electron chi connectivity index (χ2n) is 9.41. The average Bonchev–Trinajstić information content (AvgIpc) is 2.86. The zero-order valence-electron chi connectivity index (χ0n) is 19.2. The van der Waals surface area contributed by atoms with Crippen LogP contribution in [0.15, 0.2) is 67.4 Å². The minimum atomic E-state index is -5.03. The van der Waals surface area contributed by atoms with Crippen LogP contribution in [0, 0.1) is 11.8 Å². The monoisotopic (exact) mass is 506 g/mol. The van der Waals surface area contributed by atoms with Crippen molar-refractivity contribution in [3.63, 3.8) is 0 Å². The van der Waals surface area contributed by atoms with Crippen LogP contribution in [0.1, 0.15) is 35.6 Å². The predicted molar refractivity (Wildman–Crippen MR) is 123 cm³/mol. The number of fused-ring (bicyclic) bond motifs is 4. The number of hydrogen-bond donors (Lipinski definition) is 0. The standard InChI is InChI=1S/C27H24F6N2O/c1-2-16-15-35-12-10-17(16)13-23(35)25(20-9-11-34-22-6-4-3-5-19(20)22)36-24-8-7-18(26(28,29)30)14-21(24)27(31,32)33/h2-9,11,14,16-17,23,25H,1,10,12-13,15H2/t16-,17-,23-,25+/m0/s1. The predicted octanol–water partition coefficient (Wildman–Crippen LogP) is 7.29. The number of pyridine rings is 1. The summed E-state index contributed by atoms with van der Waals surface area (Å²) < 4.78 is 87.6. The largest absolute Gasteiger partial charge is 0.483 e. The van der Waals surface area contributed by atoms with Crippen LogP contribution in [0.2, 0.25) is 0 Å². The lowest BCUT2D eigenvalue weighted by Crippen LogP contribution is -2.55. The molecule has 0 amide bonds. The van der Waals surface area contributed by atoms with Gasteiger partial charge in [0, 0.05) is 23.7 Å². The molecule has 3 aliphatic rings. The second-order valence-corrected chi connectivity index (χ2v) is 9.41. The topological polar surface area (TPSA) is 25.4 Å². The highest BCUT2D eigenvalue weighted by Gasteiger charge is 2.45. The molecule has 2 aromatic carbocycles. The van der Waals surface area contributed by atoms with Crippen LogP contribution < -0.4 is 4.74 Å². The van der Waals surface area contributed by atoms with Crippen molar-refractivity contribution < 1.29 is 31.1 Å². The number of alkyl halides is 6. The Kier molecular flexibility index (Phi) is 6.22. The van der Waals surface area contributed by atoms with Gasteiger partial charge in [-0.05, 0) is 61.6 Å². The Balaban J connectivity index is 1.62. The van der Waals surface area contributed by atoms with Crippen LogP contribution in [0.5, 0.6) is 5.75 Å². The van der Waals surface area contributed by atoms with Crippen LogP contribution in [0.4, 0.5) is 26.3 Å². The Morgan fingerprint density at radius 1 is 1.03 bits per heavy atom. The summed E-state index contributed by atoms with van der Waals surface area (Å²) in [6.45, 7) is 5.40. The van der Waals surface area contributed by atoms with E-state index in [1.54, 1.807) is 18.3 Å². The lowest BCUT2D eigenvalue weighted by Gasteiger charge is -2.51. The molecule has 3 saturated heterocycles. The summed E-state index contributed by atoms with van der Waals surface area (Å²) in [7, 11) is 0. The number of piperidine rings is 3. The number of nitrogens with zero attached hydrogens (tertiary/aromatic N) is 2. The summed E-state index contributed by atoms with van der Waals surface area (Å²) in [4.78, 5) is 6.56. The van der Waals surface area contributed by atoms with Gasteiger partial charge in [0.1, 0.15) is 11.9 Å². The number of para-hydroxylation sites is 1. The van der Waals surface area contributed by atoms with Crippen molar-refractivity contribution in [2.24, 2.45) is 11.8 Å². The molecule has 9 heteroatoms. The van der Waals surface area contributed by atoms with E-state index < -0.39 is 35.3 Å². The van der Waals surface area contributed by atoms with Crippen LogP contribution in [0.3, 0.4) is 0 Å². The molecule has 5 atom stereocenters. The number of ether oxygens (including phenoxy) is 1. The molecule has 0 N–H and O–H groups in total. The van der Waals surface area contributed by atoms with Gasteiger partial charge in [0.05, 0.1) is 22.7 Å². The SMILES string of the molecule is C=C[C@H]1CN2CC[C@H]1C[C@H]2[C@H](Oc1ccc(C(F)(F)F)cc1C(F)(F)F)c1ccnc2ccccc12. The van der Waals surface area contributed by atoms with Gasteiger partial charge in [-0.2, -0.15) is 26.3 Å². The van der Waals surface area contributed by atoms with Crippen LogP contribution in [0.25, 0.3) is 10.9 Å². The molecule has 3 fully saturated rings. The lowest BCUT2D eigenvalue weighted by atomic mass is 9.73. The zero-order valence-corrected chi connectivity index (χ0v) is 19.2. The molecule has 36 heavy (non-hydrogen) atoms. The van der Waals surface area contributed by atoms with Gasteiger partial charge in [0.25, 0.3) is 0 Å². The fraction of sp³-hybridized carbons (Fsp3) is 0.370. The number of aromatic nitrogens is 1. The minimum absolute atomic E-state index is 0.123. The van der Waals surface area contributed by atoms with Crippen molar-refractivity contribution in [2.45, 2.75) is 37.3 Å². The van der Waals surface area contributed by atoms with Crippen molar-refractivity contribution in [1.29, 1.82) is 0 Å². The molecule has 0 aliphatic carbocycles. The van der Waals surface area contributed by atoms with E-state index in [9.17, 15) is 26.3 Å². The third-order valence-electron chi connectivity index (χ3n) is 7.36. The van der Waals surface area contributed by atoms with Gasteiger partial charge >= 0.3 is 12.4 Å². The molecule has 3 aliphatic heterocycles. The van der Waals surface area contributed by atoms with E-state index in [0.29, 0.717) is 36.0 Å². The Labute approximate surface area is 204 Å². The van der Waals surface area contributed by atoms with Crippen LogP contribution >= 0.6 is 0 Å². The van der Waals surface area contributed by atoms with Gasteiger partial charge in [-0.1, -0.05) is 24.3 Å². The highest BCUT2D eigenvalue weighted by atomic mass is 19.4. The molecule has 6 rings (SSSR count). The van der Waals surface area contributed by atoms with Gasteiger partial charge in [-0.3, -0.25) is 9.88 Å². The molecule has 0 saturated carbocycles. The molecule has 4 heterocycles. The van der Waals surface area contributed by atoms with E-state index in [1.807, 2.05) is 24.3 Å². The Bertz CT molecular complexity index is 1270. The maximum absolute atomic E-state index is 13.9. The van der Waals surface area contributed by atoms with Crippen molar-refractivity contribution in [3.05, 3.63) is 84.1 Å². The third-order valence-corrected chi connectivity index (χ3v) is 7.36. The van der Waals surface area contributed by atoms with E-state index in [2.05, 4.69) is 16.5 Å². The quantitative estimate of drug-likeness (QED) is 0.268. The minimum Gasteiger partial charge on any atom is -0.483 e. The Morgan fingerprint density at radius 2 is 1.81 bits per heavy atom. The van der Waals surface area contributed by atoms with Gasteiger partial charge < -0.3 is 4.74 Å². The molecular weight excluding hydrogens is 482 g/mol. The smallest absolute Gasteiger partial charge is 0.419 e. The van der Waals surface area contributed by atoms with E-state index in [1.165, 1.54) is 0 Å². The van der Waals surface area contributed by atoms with E-state index >= 15 is 0 Å². The first kappa shape index (κ1) is 24.6. The van der Waals surface area contributed by atoms with Gasteiger partial charge in [-0.25, -0.2) is 0 Å². The van der Waals surface area contributed by atoms with Gasteiger partial charge in [0.15, 0.2) is 0 Å².